The van der Waals surface area contributed by atoms with Crippen LogP contribution in [0.4, 0.5) is 5.69 Å². The molecular formula is C16H21NO2. The molecule has 19 heavy (non-hydrogen) atoms. The van der Waals surface area contributed by atoms with Gasteiger partial charge in [0.15, 0.2) is 5.78 Å². The van der Waals surface area contributed by atoms with Gasteiger partial charge in [-0.3, -0.25) is 9.59 Å². The van der Waals surface area contributed by atoms with Crippen molar-refractivity contribution in [2.75, 3.05) is 5.32 Å². The lowest BCUT2D eigenvalue weighted by molar-refractivity contribution is -0.111. The fraction of sp³-hybridized carbons (Fsp3) is 0.375. The number of carbonyl (C=O) groups excluding carboxylic acids is 2. The Balaban J connectivity index is 3.26. The molecule has 0 aliphatic heterocycles. The van der Waals surface area contributed by atoms with Crippen molar-refractivity contribution in [3.8, 4) is 0 Å². The maximum Gasteiger partial charge on any atom is 0.247 e. The van der Waals surface area contributed by atoms with Crippen LogP contribution < -0.4 is 5.32 Å². The molecule has 0 aromatic heterocycles. The molecule has 1 amide bonds. The minimum absolute atomic E-state index is 0.0295. The van der Waals surface area contributed by atoms with E-state index in [1.165, 1.54) is 6.08 Å². The third-order valence-electron chi connectivity index (χ3n) is 2.94. The van der Waals surface area contributed by atoms with E-state index >= 15 is 0 Å². The van der Waals surface area contributed by atoms with E-state index in [2.05, 4.69) is 25.7 Å². The molecule has 0 radical (unpaired) electrons. The van der Waals surface area contributed by atoms with Crippen LogP contribution in [-0.2, 0) is 4.79 Å². The summed E-state index contributed by atoms with van der Waals surface area (Å²) in [5, 5.41) is 2.68. The number of nitrogens with one attached hydrogen (secondary N) is 1. The highest BCUT2D eigenvalue weighted by Gasteiger charge is 2.17. The van der Waals surface area contributed by atoms with Crippen LogP contribution in [0.5, 0.6) is 0 Å². The number of benzene rings is 1. The maximum absolute atomic E-state index is 12.2. The van der Waals surface area contributed by atoms with E-state index in [1.807, 2.05) is 26.0 Å². The van der Waals surface area contributed by atoms with Gasteiger partial charge in [-0.2, -0.15) is 0 Å². The number of amides is 1. The van der Waals surface area contributed by atoms with E-state index in [0.717, 1.165) is 5.56 Å². The zero-order chi connectivity index (χ0) is 14.6. The van der Waals surface area contributed by atoms with Crippen LogP contribution in [0.3, 0.4) is 0 Å². The largest absolute Gasteiger partial charge is 0.322 e. The number of hydrogen-bond donors (Lipinski definition) is 1. The summed E-state index contributed by atoms with van der Waals surface area (Å²) in [5.41, 5.74) is 2.20. The normalized spacial score (nSPS) is 10.6. The van der Waals surface area contributed by atoms with Gasteiger partial charge in [-0.25, -0.2) is 0 Å². The van der Waals surface area contributed by atoms with Gasteiger partial charge in [0.2, 0.25) is 5.91 Å². The second-order valence-electron chi connectivity index (χ2n) is 5.17. The lowest BCUT2D eigenvalue weighted by Crippen LogP contribution is -2.15. The Kier molecular flexibility index (Phi) is 5.04. The molecule has 102 valence electrons. The lowest BCUT2D eigenvalue weighted by atomic mass is 9.94. The Hall–Kier alpha value is -1.90. The van der Waals surface area contributed by atoms with Crippen LogP contribution in [0, 0.1) is 5.92 Å². The summed E-state index contributed by atoms with van der Waals surface area (Å²) in [6.45, 7) is 11.3. The van der Waals surface area contributed by atoms with Crippen molar-refractivity contribution in [3.63, 3.8) is 0 Å². The van der Waals surface area contributed by atoms with Crippen molar-refractivity contribution in [1.82, 2.24) is 0 Å². The molecule has 0 atom stereocenters. The van der Waals surface area contributed by atoms with E-state index in [1.54, 1.807) is 6.07 Å². The van der Waals surface area contributed by atoms with Crippen LogP contribution in [0.25, 0.3) is 0 Å². The second-order valence-corrected chi connectivity index (χ2v) is 5.17. The van der Waals surface area contributed by atoms with E-state index in [4.69, 9.17) is 0 Å². The predicted octanol–water partition coefficient (Wildman–Crippen LogP) is 3.77. The number of carbonyl (C=O) groups is 2. The molecule has 3 nitrogen and oxygen atoms in total. The van der Waals surface area contributed by atoms with E-state index in [-0.39, 0.29) is 17.6 Å². The molecular weight excluding hydrogens is 238 g/mol. The summed E-state index contributed by atoms with van der Waals surface area (Å²) in [7, 11) is 0. The van der Waals surface area contributed by atoms with Gasteiger partial charge in [-0.05, 0) is 29.7 Å². The van der Waals surface area contributed by atoms with Crippen molar-refractivity contribution in [2.24, 2.45) is 5.92 Å². The predicted molar refractivity (Wildman–Crippen MR) is 78.5 cm³/mol. The lowest BCUT2D eigenvalue weighted by Gasteiger charge is -2.14. The Morgan fingerprint density at radius 2 is 1.84 bits per heavy atom. The second kappa shape index (κ2) is 6.32. The minimum Gasteiger partial charge on any atom is -0.322 e. The van der Waals surface area contributed by atoms with Gasteiger partial charge in [-0.15, -0.1) is 0 Å². The number of rotatable bonds is 5. The van der Waals surface area contributed by atoms with Gasteiger partial charge in [-0.1, -0.05) is 40.3 Å². The number of Topliss-reactive ketones (excluding diaryl/α,β-unsaturated/α-hetero) is 1. The van der Waals surface area contributed by atoms with Gasteiger partial charge in [0.1, 0.15) is 0 Å². The van der Waals surface area contributed by atoms with Crippen molar-refractivity contribution in [1.29, 1.82) is 0 Å². The molecule has 0 bridgehead atoms. The Morgan fingerprint density at radius 1 is 1.21 bits per heavy atom. The van der Waals surface area contributed by atoms with Crippen molar-refractivity contribution in [2.45, 2.75) is 33.6 Å². The summed E-state index contributed by atoms with van der Waals surface area (Å²) in [4.78, 5) is 23.6. The fourth-order valence-electron chi connectivity index (χ4n) is 1.73. The van der Waals surface area contributed by atoms with Crippen LogP contribution in [0.1, 0.15) is 49.5 Å². The average Bonchev–Trinajstić information content (AvgIpc) is 2.37. The molecule has 0 heterocycles. The molecule has 1 rings (SSSR count). The summed E-state index contributed by atoms with van der Waals surface area (Å²) >= 11 is 0. The number of ketones is 1. The molecule has 0 unspecified atom stereocenters. The van der Waals surface area contributed by atoms with Crippen molar-refractivity contribution in [3.05, 3.63) is 42.0 Å². The van der Waals surface area contributed by atoms with E-state index in [0.29, 0.717) is 17.2 Å². The monoisotopic (exact) mass is 259 g/mol. The first-order valence-electron chi connectivity index (χ1n) is 6.48. The van der Waals surface area contributed by atoms with Crippen LogP contribution in [0.2, 0.25) is 0 Å². The zero-order valence-corrected chi connectivity index (χ0v) is 12.0. The third-order valence-corrected chi connectivity index (χ3v) is 2.94. The summed E-state index contributed by atoms with van der Waals surface area (Å²) in [6, 6.07) is 5.58. The molecule has 0 spiro atoms. The van der Waals surface area contributed by atoms with Crippen LogP contribution >= 0.6 is 0 Å². The standard InChI is InChI=1S/C16H21NO2/c1-6-15(18)17-14-8-7-12(10(2)3)9-13(14)16(19)11(4)5/h6-11H,1H2,2-5H3,(H,17,18). The highest BCUT2D eigenvalue weighted by atomic mass is 16.1. The maximum atomic E-state index is 12.2. The number of hydrogen-bond acceptors (Lipinski definition) is 2. The quantitative estimate of drug-likeness (QED) is 0.646. The summed E-state index contributed by atoms with van der Waals surface area (Å²) in [5.74, 6) is -0.0540. The fourth-order valence-corrected chi connectivity index (χ4v) is 1.73. The highest BCUT2D eigenvalue weighted by Crippen LogP contribution is 2.25. The number of anilines is 1. The molecule has 1 aromatic rings. The minimum atomic E-state index is -0.310. The smallest absolute Gasteiger partial charge is 0.247 e. The van der Waals surface area contributed by atoms with Gasteiger partial charge in [0.25, 0.3) is 0 Å². The molecule has 1 N–H and O–H groups in total. The molecule has 3 heteroatoms. The highest BCUT2D eigenvalue weighted by molar-refractivity contribution is 6.07. The summed E-state index contributed by atoms with van der Waals surface area (Å²) < 4.78 is 0. The summed E-state index contributed by atoms with van der Waals surface area (Å²) in [6.07, 6.45) is 1.19. The van der Waals surface area contributed by atoms with Crippen molar-refractivity contribution < 1.29 is 9.59 Å². The molecule has 1 aromatic carbocycles. The Labute approximate surface area is 114 Å². The third kappa shape index (κ3) is 3.78. The van der Waals surface area contributed by atoms with Gasteiger partial charge < -0.3 is 5.32 Å². The molecule has 0 aliphatic rings. The van der Waals surface area contributed by atoms with Gasteiger partial charge in [0, 0.05) is 11.5 Å². The molecule has 0 saturated heterocycles. The molecule has 0 saturated carbocycles. The van der Waals surface area contributed by atoms with Crippen LogP contribution in [0.15, 0.2) is 30.9 Å². The van der Waals surface area contributed by atoms with Gasteiger partial charge >= 0.3 is 0 Å². The average molecular weight is 259 g/mol. The molecule has 0 fully saturated rings. The molecule has 0 aliphatic carbocycles. The van der Waals surface area contributed by atoms with E-state index in [9.17, 15) is 9.59 Å². The van der Waals surface area contributed by atoms with Crippen molar-refractivity contribution >= 4 is 17.4 Å². The SMILES string of the molecule is C=CC(=O)Nc1ccc(C(C)C)cc1C(=O)C(C)C. The van der Waals surface area contributed by atoms with Crippen LogP contribution in [-0.4, -0.2) is 11.7 Å². The first-order chi connectivity index (χ1) is 8.86. The van der Waals surface area contributed by atoms with E-state index < -0.39 is 0 Å². The Morgan fingerprint density at radius 3 is 2.32 bits per heavy atom. The first-order valence-corrected chi connectivity index (χ1v) is 6.48. The van der Waals surface area contributed by atoms with Gasteiger partial charge in [0.05, 0.1) is 5.69 Å². The Bertz CT molecular complexity index is 501. The topological polar surface area (TPSA) is 46.2 Å². The zero-order valence-electron chi connectivity index (χ0n) is 12.0. The first kappa shape index (κ1) is 15.2.